The molecule has 1 aromatic carbocycles. The topological polar surface area (TPSA) is 75.6 Å². The lowest BCUT2D eigenvalue weighted by Gasteiger charge is -2.31. The van der Waals surface area contributed by atoms with Crippen LogP contribution in [0.5, 0.6) is 0 Å². The van der Waals surface area contributed by atoms with E-state index >= 15 is 0 Å². The number of carboxylic acid groups (broad SMARTS) is 1. The second-order valence-electron chi connectivity index (χ2n) is 5.97. The van der Waals surface area contributed by atoms with Crippen LogP contribution in [0.15, 0.2) is 24.3 Å². The highest BCUT2D eigenvalue weighted by molar-refractivity contribution is 5.90. The number of carboxylic acids is 1. The molecule has 5 heteroatoms. The van der Waals surface area contributed by atoms with Crippen LogP contribution in [0.4, 0.5) is 0 Å². The zero-order chi connectivity index (χ0) is 15.0. The number of amides is 1. The highest BCUT2D eigenvalue weighted by Gasteiger charge is 2.49. The monoisotopic (exact) mass is 289 g/mol. The Morgan fingerprint density at radius 3 is 2.71 bits per heavy atom. The molecule has 1 aliphatic heterocycles. The van der Waals surface area contributed by atoms with Gasteiger partial charge in [-0.2, -0.15) is 0 Å². The summed E-state index contributed by atoms with van der Waals surface area (Å²) in [6.07, 6.45) is 1.74. The molecule has 2 aliphatic rings. The van der Waals surface area contributed by atoms with E-state index in [-0.39, 0.29) is 11.8 Å². The van der Waals surface area contributed by atoms with Gasteiger partial charge in [0.1, 0.15) is 5.54 Å². The fraction of sp³-hybridized carbons (Fsp3) is 0.500. The van der Waals surface area contributed by atoms with Gasteiger partial charge in [-0.25, -0.2) is 4.79 Å². The molecule has 1 saturated carbocycles. The first-order valence-corrected chi connectivity index (χ1v) is 7.27. The number of rotatable bonds is 4. The van der Waals surface area contributed by atoms with Gasteiger partial charge in [-0.05, 0) is 43.2 Å². The number of hydrogen-bond acceptors (Lipinski definition) is 3. The Morgan fingerprint density at radius 1 is 1.33 bits per heavy atom. The van der Waals surface area contributed by atoms with Gasteiger partial charge in [0.2, 0.25) is 0 Å². The molecule has 1 aromatic rings. The van der Waals surface area contributed by atoms with Crippen LogP contribution in [0.25, 0.3) is 0 Å². The van der Waals surface area contributed by atoms with Crippen LogP contribution in [0.3, 0.4) is 0 Å². The Hall–Kier alpha value is -1.88. The minimum absolute atomic E-state index is 0.0118. The van der Waals surface area contributed by atoms with Crippen LogP contribution < -0.4 is 5.32 Å². The molecule has 1 heterocycles. The van der Waals surface area contributed by atoms with Gasteiger partial charge >= 0.3 is 5.97 Å². The van der Waals surface area contributed by atoms with Gasteiger partial charge in [0.15, 0.2) is 6.10 Å². The third kappa shape index (κ3) is 2.53. The molecule has 2 atom stereocenters. The first kappa shape index (κ1) is 14.1. The van der Waals surface area contributed by atoms with Crippen molar-refractivity contribution in [3.05, 3.63) is 35.4 Å². The third-order valence-electron chi connectivity index (χ3n) is 4.45. The minimum Gasteiger partial charge on any atom is -0.480 e. The summed E-state index contributed by atoms with van der Waals surface area (Å²) in [6, 6.07) is 7.65. The molecule has 3 rings (SSSR count). The predicted molar refractivity (Wildman–Crippen MR) is 75.7 cm³/mol. The Morgan fingerprint density at radius 2 is 2.05 bits per heavy atom. The number of aliphatic carboxylic acids is 1. The van der Waals surface area contributed by atoms with E-state index in [0.717, 1.165) is 30.4 Å². The zero-order valence-corrected chi connectivity index (χ0v) is 12.0. The standard InChI is InChI=1S/C16H19NO4/c1-16(15(19)20,11-6-7-11)17-14(18)13-12-5-3-2-4-10(12)8-9-21-13/h2-5,11,13H,6-9H2,1H3,(H,17,18)(H,19,20). The van der Waals surface area contributed by atoms with Crippen molar-refractivity contribution in [2.75, 3.05) is 6.61 Å². The fourth-order valence-corrected chi connectivity index (χ4v) is 2.92. The summed E-state index contributed by atoms with van der Waals surface area (Å²) in [5.41, 5.74) is 0.726. The average molecular weight is 289 g/mol. The van der Waals surface area contributed by atoms with E-state index in [2.05, 4.69) is 5.32 Å². The maximum absolute atomic E-state index is 12.5. The smallest absolute Gasteiger partial charge is 0.329 e. The Kier molecular flexibility index (Phi) is 3.45. The summed E-state index contributed by atoms with van der Waals surface area (Å²) in [7, 11) is 0. The van der Waals surface area contributed by atoms with Gasteiger partial charge < -0.3 is 15.2 Å². The van der Waals surface area contributed by atoms with Crippen LogP contribution in [0.2, 0.25) is 0 Å². The number of nitrogens with one attached hydrogen (secondary N) is 1. The lowest BCUT2D eigenvalue weighted by atomic mass is 9.93. The molecule has 21 heavy (non-hydrogen) atoms. The molecule has 5 nitrogen and oxygen atoms in total. The van der Waals surface area contributed by atoms with Crippen LogP contribution in [-0.2, 0) is 20.7 Å². The highest BCUT2D eigenvalue weighted by Crippen LogP contribution is 2.40. The highest BCUT2D eigenvalue weighted by atomic mass is 16.5. The summed E-state index contributed by atoms with van der Waals surface area (Å²) >= 11 is 0. The fourth-order valence-electron chi connectivity index (χ4n) is 2.92. The largest absolute Gasteiger partial charge is 0.480 e. The zero-order valence-electron chi connectivity index (χ0n) is 12.0. The summed E-state index contributed by atoms with van der Waals surface area (Å²) in [5, 5.41) is 12.1. The number of fused-ring (bicyclic) bond motifs is 1. The number of ether oxygens (including phenoxy) is 1. The number of carbonyl (C=O) groups is 2. The lowest BCUT2D eigenvalue weighted by Crippen LogP contribution is -2.55. The maximum Gasteiger partial charge on any atom is 0.329 e. The summed E-state index contributed by atoms with van der Waals surface area (Å²) < 4.78 is 5.59. The van der Waals surface area contributed by atoms with Crippen molar-refractivity contribution < 1.29 is 19.4 Å². The van der Waals surface area contributed by atoms with Crippen molar-refractivity contribution in [1.82, 2.24) is 5.32 Å². The van der Waals surface area contributed by atoms with Crippen LogP contribution in [0.1, 0.15) is 37.0 Å². The van der Waals surface area contributed by atoms with Crippen molar-refractivity contribution in [2.45, 2.75) is 37.8 Å². The van der Waals surface area contributed by atoms with Crippen LogP contribution in [-0.4, -0.2) is 29.1 Å². The normalized spacial score (nSPS) is 23.8. The van der Waals surface area contributed by atoms with E-state index in [9.17, 15) is 14.7 Å². The minimum atomic E-state index is -1.20. The number of hydrogen-bond donors (Lipinski definition) is 2. The number of carbonyl (C=O) groups excluding carboxylic acids is 1. The maximum atomic E-state index is 12.5. The molecule has 0 saturated heterocycles. The molecule has 0 radical (unpaired) electrons. The van der Waals surface area contributed by atoms with Crippen molar-refractivity contribution in [1.29, 1.82) is 0 Å². The predicted octanol–water partition coefficient (Wildman–Crippen LogP) is 1.67. The molecule has 1 aliphatic carbocycles. The van der Waals surface area contributed by atoms with Gasteiger partial charge in [-0.15, -0.1) is 0 Å². The molecule has 0 bridgehead atoms. The van der Waals surface area contributed by atoms with Crippen LogP contribution in [0, 0.1) is 5.92 Å². The van der Waals surface area contributed by atoms with Crippen molar-refractivity contribution >= 4 is 11.9 Å². The lowest BCUT2D eigenvalue weighted by molar-refractivity contribution is -0.150. The van der Waals surface area contributed by atoms with Gasteiger partial charge in [0.25, 0.3) is 5.91 Å². The molecule has 1 fully saturated rings. The van der Waals surface area contributed by atoms with Gasteiger partial charge in [0, 0.05) is 0 Å². The summed E-state index contributed by atoms with van der Waals surface area (Å²) in [6.45, 7) is 2.06. The van der Waals surface area contributed by atoms with Crippen LogP contribution >= 0.6 is 0 Å². The molecule has 0 aromatic heterocycles. The Balaban J connectivity index is 1.82. The second-order valence-corrected chi connectivity index (χ2v) is 5.97. The molecule has 0 spiro atoms. The Bertz CT molecular complexity index is 581. The van der Waals surface area contributed by atoms with E-state index in [0.29, 0.717) is 6.61 Å². The van der Waals surface area contributed by atoms with E-state index in [4.69, 9.17) is 4.74 Å². The SMILES string of the molecule is CC(NC(=O)C1OCCc2ccccc21)(C(=O)O)C1CC1. The molecular formula is C16H19NO4. The first-order valence-electron chi connectivity index (χ1n) is 7.27. The first-order chi connectivity index (χ1) is 10.0. The number of benzene rings is 1. The van der Waals surface area contributed by atoms with Gasteiger partial charge in [-0.1, -0.05) is 24.3 Å². The van der Waals surface area contributed by atoms with Crippen molar-refractivity contribution in [3.63, 3.8) is 0 Å². The molecular weight excluding hydrogens is 270 g/mol. The van der Waals surface area contributed by atoms with Gasteiger partial charge in [-0.3, -0.25) is 4.79 Å². The van der Waals surface area contributed by atoms with E-state index in [1.165, 1.54) is 0 Å². The van der Waals surface area contributed by atoms with Crippen molar-refractivity contribution in [3.8, 4) is 0 Å². The van der Waals surface area contributed by atoms with Crippen molar-refractivity contribution in [2.24, 2.45) is 5.92 Å². The summed E-state index contributed by atoms with van der Waals surface area (Å²) in [4.78, 5) is 24.0. The van der Waals surface area contributed by atoms with Gasteiger partial charge in [0.05, 0.1) is 6.61 Å². The second kappa shape index (κ2) is 5.15. The molecule has 2 N–H and O–H groups in total. The average Bonchev–Trinajstić information content (AvgIpc) is 3.31. The quantitative estimate of drug-likeness (QED) is 0.884. The molecule has 112 valence electrons. The third-order valence-corrected chi connectivity index (χ3v) is 4.45. The van der Waals surface area contributed by atoms with E-state index in [1.54, 1.807) is 6.92 Å². The Labute approximate surface area is 123 Å². The van der Waals surface area contributed by atoms with E-state index < -0.39 is 17.6 Å². The summed E-state index contributed by atoms with van der Waals surface area (Å²) in [5.74, 6) is -1.33. The molecule has 2 unspecified atom stereocenters. The molecule has 1 amide bonds. The van der Waals surface area contributed by atoms with E-state index in [1.807, 2.05) is 24.3 Å².